The summed E-state index contributed by atoms with van der Waals surface area (Å²) < 4.78 is 13.3. The van der Waals surface area contributed by atoms with Gasteiger partial charge in [0, 0.05) is 18.0 Å². The summed E-state index contributed by atoms with van der Waals surface area (Å²) in [6, 6.07) is 4.27. The molecule has 4 nitrogen and oxygen atoms in total. The molecule has 0 radical (unpaired) electrons. The molecule has 0 spiro atoms. The zero-order valence-electron chi connectivity index (χ0n) is 14.0. The van der Waals surface area contributed by atoms with Crippen molar-refractivity contribution in [2.45, 2.75) is 51.0 Å². The molecule has 1 saturated carbocycles. The Bertz CT molecular complexity index is 714. The topological polar surface area (TPSA) is 36.3 Å². The molecular formula is C19H24N2O2. The van der Waals surface area contributed by atoms with Gasteiger partial charge in [-0.25, -0.2) is 4.98 Å². The highest BCUT2D eigenvalue weighted by molar-refractivity contribution is 5.72. The number of aryl methyl sites for hydroxylation is 2. The number of fused-ring (bicyclic) bond motifs is 3. The summed E-state index contributed by atoms with van der Waals surface area (Å²) in [7, 11) is 3.40. The second kappa shape index (κ2) is 5.91. The van der Waals surface area contributed by atoms with Crippen LogP contribution in [0.3, 0.4) is 0 Å². The summed E-state index contributed by atoms with van der Waals surface area (Å²) in [4.78, 5) is 4.81. The Morgan fingerprint density at radius 3 is 2.52 bits per heavy atom. The normalized spacial score (nSPS) is 17.5. The Balaban J connectivity index is 1.83. The van der Waals surface area contributed by atoms with Crippen LogP contribution in [-0.4, -0.2) is 23.8 Å². The predicted octanol–water partition coefficient (Wildman–Crippen LogP) is 4.17. The Labute approximate surface area is 137 Å². The van der Waals surface area contributed by atoms with Crippen molar-refractivity contribution >= 4 is 0 Å². The first-order valence-electron chi connectivity index (χ1n) is 8.62. The zero-order chi connectivity index (χ0) is 15.8. The van der Waals surface area contributed by atoms with E-state index < -0.39 is 0 Å². The maximum absolute atomic E-state index is 5.52. The second-order valence-corrected chi connectivity index (χ2v) is 6.62. The molecule has 23 heavy (non-hydrogen) atoms. The lowest BCUT2D eigenvalue weighted by molar-refractivity contribution is 0.354. The molecule has 122 valence electrons. The molecule has 1 aliphatic heterocycles. The minimum Gasteiger partial charge on any atom is -0.493 e. The molecule has 1 fully saturated rings. The van der Waals surface area contributed by atoms with E-state index in [0.29, 0.717) is 5.92 Å². The first kappa shape index (κ1) is 14.6. The molecule has 0 N–H and O–H groups in total. The summed E-state index contributed by atoms with van der Waals surface area (Å²) in [6.45, 7) is 0.998. The van der Waals surface area contributed by atoms with Crippen LogP contribution in [0.15, 0.2) is 18.5 Å². The fourth-order valence-electron chi connectivity index (χ4n) is 4.12. The van der Waals surface area contributed by atoms with Crippen LogP contribution in [0.2, 0.25) is 0 Å². The summed E-state index contributed by atoms with van der Waals surface area (Å²) in [6.07, 6.45) is 9.61. The number of aromatic nitrogens is 2. The van der Waals surface area contributed by atoms with E-state index in [1.807, 2.05) is 6.33 Å². The first-order chi connectivity index (χ1) is 11.3. The number of benzene rings is 1. The van der Waals surface area contributed by atoms with Gasteiger partial charge in [-0.15, -0.1) is 0 Å². The lowest BCUT2D eigenvalue weighted by Gasteiger charge is -2.25. The molecule has 0 saturated heterocycles. The van der Waals surface area contributed by atoms with E-state index in [4.69, 9.17) is 14.5 Å². The van der Waals surface area contributed by atoms with Gasteiger partial charge in [0.1, 0.15) is 0 Å². The molecular weight excluding hydrogens is 288 g/mol. The third-order valence-corrected chi connectivity index (χ3v) is 5.34. The van der Waals surface area contributed by atoms with Gasteiger partial charge in [0.25, 0.3) is 0 Å². The number of nitrogens with zero attached hydrogens (tertiary/aromatic N) is 2. The Kier molecular flexibility index (Phi) is 3.76. The van der Waals surface area contributed by atoms with E-state index in [0.717, 1.165) is 24.5 Å². The van der Waals surface area contributed by atoms with Gasteiger partial charge in [0.05, 0.1) is 31.9 Å². The van der Waals surface area contributed by atoms with Gasteiger partial charge in [-0.1, -0.05) is 19.3 Å². The first-order valence-corrected chi connectivity index (χ1v) is 8.62. The average Bonchev–Trinajstić information content (AvgIpc) is 3.05. The van der Waals surface area contributed by atoms with E-state index in [1.54, 1.807) is 14.2 Å². The fraction of sp³-hybridized carbons (Fsp3) is 0.526. The van der Waals surface area contributed by atoms with Crippen LogP contribution in [0.4, 0.5) is 0 Å². The van der Waals surface area contributed by atoms with Crippen molar-refractivity contribution < 1.29 is 9.47 Å². The van der Waals surface area contributed by atoms with Crippen LogP contribution in [0.5, 0.6) is 11.5 Å². The van der Waals surface area contributed by atoms with E-state index in [-0.39, 0.29) is 0 Å². The number of methoxy groups -OCH3 is 2. The van der Waals surface area contributed by atoms with Gasteiger partial charge in [0.2, 0.25) is 0 Å². The number of ether oxygens (including phenoxy) is 2. The van der Waals surface area contributed by atoms with E-state index in [1.165, 1.54) is 54.6 Å². The van der Waals surface area contributed by atoms with Crippen LogP contribution >= 0.6 is 0 Å². The third kappa shape index (κ3) is 2.41. The van der Waals surface area contributed by atoms with E-state index in [9.17, 15) is 0 Å². The van der Waals surface area contributed by atoms with Crippen molar-refractivity contribution in [2.24, 2.45) is 0 Å². The second-order valence-electron chi connectivity index (χ2n) is 6.62. The zero-order valence-corrected chi connectivity index (χ0v) is 14.0. The molecule has 0 atom stereocenters. The molecule has 4 rings (SSSR count). The quantitative estimate of drug-likeness (QED) is 0.853. The number of rotatable bonds is 3. The molecule has 0 unspecified atom stereocenters. The fourth-order valence-corrected chi connectivity index (χ4v) is 4.12. The van der Waals surface area contributed by atoms with E-state index in [2.05, 4.69) is 16.7 Å². The minimum absolute atomic E-state index is 0.610. The van der Waals surface area contributed by atoms with Gasteiger partial charge in [-0.05, 0) is 37.0 Å². The minimum atomic E-state index is 0.610. The van der Waals surface area contributed by atoms with Crippen molar-refractivity contribution in [3.05, 3.63) is 29.7 Å². The molecule has 0 bridgehead atoms. The van der Waals surface area contributed by atoms with Gasteiger partial charge in [-0.2, -0.15) is 0 Å². The van der Waals surface area contributed by atoms with Crippen molar-refractivity contribution in [1.29, 1.82) is 0 Å². The molecule has 0 amide bonds. The molecule has 1 aromatic heterocycles. The van der Waals surface area contributed by atoms with Crippen LogP contribution in [0.25, 0.3) is 11.3 Å². The van der Waals surface area contributed by atoms with Crippen molar-refractivity contribution in [2.75, 3.05) is 14.2 Å². The molecule has 1 aromatic carbocycles. The Morgan fingerprint density at radius 2 is 1.78 bits per heavy atom. The van der Waals surface area contributed by atoms with Crippen LogP contribution in [0.1, 0.15) is 49.3 Å². The molecule has 2 heterocycles. The maximum atomic E-state index is 5.52. The van der Waals surface area contributed by atoms with Crippen LogP contribution in [-0.2, 0) is 13.0 Å². The van der Waals surface area contributed by atoms with Crippen LogP contribution in [0, 0.1) is 0 Å². The van der Waals surface area contributed by atoms with E-state index >= 15 is 0 Å². The molecule has 4 heteroatoms. The summed E-state index contributed by atoms with van der Waals surface area (Å²) in [5, 5.41) is 0. The lowest BCUT2D eigenvalue weighted by Crippen LogP contribution is -2.13. The molecule has 1 aliphatic carbocycles. The third-order valence-electron chi connectivity index (χ3n) is 5.34. The molecule has 2 aliphatic rings. The molecule has 2 aromatic rings. The summed E-state index contributed by atoms with van der Waals surface area (Å²) in [5.41, 5.74) is 5.21. The van der Waals surface area contributed by atoms with Crippen LogP contribution < -0.4 is 9.47 Å². The standard InChI is InChI=1S/C19H24N2O2/c1-22-16-10-14-8-9-21-12-20-18(13-6-4-3-5-7-13)19(21)15(14)11-17(16)23-2/h10-13H,3-9H2,1-2H3. The largest absolute Gasteiger partial charge is 0.493 e. The van der Waals surface area contributed by atoms with Gasteiger partial charge in [-0.3, -0.25) is 0 Å². The predicted molar refractivity (Wildman–Crippen MR) is 90.3 cm³/mol. The van der Waals surface area contributed by atoms with Gasteiger partial charge in [0.15, 0.2) is 11.5 Å². The van der Waals surface area contributed by atoms with Crippen molar-refractivity contribution in [3.63, 3.8) is 0 Å². The Morgan fingerprint density at radius 1 is 1.04 bits per heavy atom. The SMILES string of the molecule is COc1cc2c(cc1OC)-c1c(C3CCCCC3)ncn1CC2. The summed E-state index contributed by atoms with van der Waals surface area (Å²) in [5.74, 6) is 2.23. The van der Waals surface area contributed by atoms with Crippen molar-refractivity contribution in [3.8, 4) is 22.8 Å². The maximum Gasteiger partial charge on any atom is 0.161 e. The number of imidazole rings is 1. The smallest absolute Gasteiger partial charge is 0.161 e. The average molecular weight is 312 g/mol. The van der Waals surface area contributed by atoms with Gasteiger partial charge >= 0.3 is 0 Å². The number of hydrogen-bond donors (Lipinski definition) is 0. The van der Waals surface area contributed by atoms with Gasteiger partial charge < -0.3 is 14.0 Å². The highest BCUT2D eigenvalue weighted by Gasteiger charge is 2.27. The Hall–Kier alpha value is -1.97. The highest BCUT2D eigenvalue weighted by atomic mass is 16.5. The van der Waals surface area contributed by atoms with Crippen molar-refractivity contribution in [1.82, 2.24) is 9.55 Å². The monoisotopic (exact) mass is 312 g/mol. The lowest BCUT2D eigenvalue weighted by atomic mass is 9.84. The number of hydrogen-bond acceptors (Lipinski definition) is 3. The highest BCUT2D eigenvalue weighted by Crippen LogP contribution is 2.43. The summed E-state index contributed by atoms with van der Waals surface area (Å²) >= 11 is 0.